The van der Waals surface area contributed by atoms with Gasteiger partial charge >= 0.3 is 0 Å². The molecule has 0 saturated carbocycles. The molecular formula is C21H20BrFN2O. The zero-order valence-electron chi connectivity index (χ0n) is 15.0. The molecule has 2 aliphatic rings. The number of nitrogens with zero attached hydrogens (tertiary/aromatic N) is 1. The third kappa shape index (κ3) is 2.44. The lowest BCUT2D eigenvalue weighted by molar-refractivity contribution is -0.118. The van der Waals surface area contributed by atoms with E-state index in [4.69, 9.17) is 0 Å². The number of carbonyl (C=O) groups is 1. The molecule has 1 atom stereocenters. The first-order valence-corrected chi connectivity index (χ1v) is 9.47. The minimum Gasteiger partial charge on any atom is -0.343 e. The third-order valence-corrected chi connectivity index (χ3v) is 6.02. The van der Waals surface area contributed by atoms with Gasteiger partial charge in [-0.15, -0.1) is 0 Å². The molecule has 1 aromatic carbocycles. The van der Waals surface area contributed by atoms with Crippen LogP contribution in [0, 0.1) is 11.2 Å². The first-order chi connectivity index (χ1) is 12.2. The van der Waals surface area contributed by atoms with E-state index in [0.29, 0.717) is 27.8 Å². The van der Waals surface area contributed by atoms with Crippen LogP contribution in [0.3, 0.4) is 0 Å². The third-order valence-electron chi connectivity index (χ3n) is 5.47. The normalized spacial score (nSPS) is 24.0. The average molecular weight is 415 g/mol. The molecule has 1 aliphatic heterocycles. The summed E-state index contributed by atoms with van der Waals surface area (Å²) in [4.78, 5) is 17.6. The summed E-state index contributed by atoms with van der Waals surface area (Å²) in [6.07, 6.45) is 2.65. The van der Waals surface area contributed by atoms with E-state index >= 15 is 4.39 Å². The Morgan fingerprint density at radius 1 is 1.15 bits per heavy atom. The van der Waals surface area contributed by atoms with Crippen LogP contribution in [0.1, 0.15) is 44.7 Å². The van der Waals surface area contributed by atoms with Crippen LogP contribution in [-0.2, 0) is 10.2 Å². The van der Waals surface area contributed by atoms with Gasteiger partial charge in [0.25, 0.3) is 0 Å². The molecule has 26 heavy (non-hydrogen) atoms. The number of hydrogen-bond acceptors (Lipinski definition) is 3. The molecule has 0 bridgehead atoms. The second kappa shape index (κ2) is 5.74. The standard InChI is InChI=1S/C21H20BrFN2O/c1-20(2)9-14-16(15(26)10-20)21(3,12-7-5-4-6-8-12)17-18(23)13(22)11-24-19(17)25-14/h4-8,11H,9-10H2,1-3H3,(H,24,25)/t21-/m1/s1. The molecule has 0 amide bonds. The van der Waals surface area contributed by atoms with E-state index in [2.05, 4.69) is 40.1 Å². The van der Waals surface area contributed by atoms with Crippen molar-refractivity contribution >= 4 is 27.5 Å². The number of hydrogen-bond donors (Lipinski definition) is 1. The summed E-state index contributed by atoms with van der Waals surface area (Å²) >= 11 is 3.25. The van der Waals surface area contributed by atoms with Crippen molar-refractivity contribution in [1.29, 1.82) is 0 Å². The smallest absolute Gasteiger partial charge is 0.162 e. The fraction of sp³-hybridized carbons (Fsp3) is 0.333. The van der Waals surface area contributed by atoms with Crippen molar-refractivity contribution in [2.75, 3.05) is 5.32 Å². The largest absolute Gasteiger partial charge is 0.343 e. The van der Waals surface area contributed by atoms with Gasteiger partial charge in [0.15, 0.2) is 5.78 Å². The van der Waals surface area contributed by atoms with Crippen molar-refractivity contribution in [3.8, 4) is 0 Å². The van der Waals surface area contributed by atoms with Crippen LogP contribution >= 0.6 is 15.9 Å². The second-order valence-corrected chi connectivity index (χ2v) is 8.91. The van der Waals surface area contributed by atoms with E-state index in [0.717, 1.165) is 17.7 Å². The molecule has 2 heterocycles. The highest BCUT2D eigenvalue weighted by atomic mass is 79.9. The summed E-state index contributed by atoms with van der Waals surface area (Å²) in [5.41, 5.74) is 1.82. The molecule has 4 rings (SSSR count). The summed E-state index contributed by atoms with van der Waals surface area (Å²) in [6, 6.07) is 9.66. The van der Waals surface area contributed by atoms with Crippen LogP contribution in [0.4, 0.5) is 10.2 Å². The van der Waals surface area contributed by atoms with Gasteiger partial charge in [-0.2, -0.15) is 0 Å². The highest BCUT2D eigenvalue weighted by Gasteiger charge is 2.49. The van der Waals surface area contributed by atoms with Gasteiger partial charge in [-0.3, -0.25) is 4.79 Å². The zero-order chi connectivity index (χ0) is 18.7. The zero-order valence-corrected chi connectivity index (χ0v) is 16.6. The summed E-state index contributed by atoms with van der Waals surface area (Å²) < 4.78 is 15.5. The highest BCUT2D eigenvalue weighted by molar-refractivity contribution is 9.10. The van der Waals surface area contributed by atoms with E-state index in [-0.39, 0.29) is 17.0 Å². The number of Topliss-reactive ketones (excluding diaryl/α,β-unsaturated/α-hetero) is 1. The van der Waals surface area contributed by atoms with Crippen molar-refractivity contribution in [1.82, 2.24) is 4.98 Å². The Hall–Kier alpha value is -2.01. The average Bonchev–Trinajstić information content (AvgIpc) is 2.57. The summed E-state index contributed by atoms with van der Waals surface area (Å²) in [6.45, 7) is 6.10. The quantitative estimate of drug-likeness (QED) is 0.682. The summed E-state index contributed by atoms with van der Waals surface area (Å²) in [5.74, 6) is 0.180. The summed E-state index contributed by atoms with van der Waals surface area (Å²) in [5, 5.41) is 3.26. The van der Waals surface area contributed by atoms with Gasteiger partial charge in [-0.1, -0.05) is 44.2 Å². The Kier molecular flexibility index (Phi) is 3.85. The monoisotopic (exact) mass is 414 g/mol. The highest BCUT2D eigenvalue weighted by Crippen LogP contribution is 2.53. The number of benzene rings is 1. The van der Waals surface area contributed by atoms with Gasteiger partial charge in [0.1, 0.15) is 11.6 Å². The number of fused-ring (bicyclic) bond motifs is 1. The maximum absolute atomic E-state index is 15.2. The Morgan fingerprint density at radius 2 is 1.85 bits per heavy atom. The van der Waals surface area contributed by atoms with E-state index < -0.39 is 5.41 Å². The van der Waals surface area contributed by atoms with Crippen LogP contribution in [0.25, 0.3) is 0 Å². The molecule has 134 valence electrons. The lowest BCUT2D eigenvalue weighted by atomic mass is 9.62. The Balaban J connectivity index is 2.07. The minimum absolute atomic E-state index is 0.0696. The van der Waals surface area contributed by atoms with Gasteiger partial charge < -0.3 is 5.32 Å². The van der Waals surface area contributed by atoms with Crippen molar-refractivity contribution in [3.63, 3.8) is 0 Å². The van der Waals surface area contributed by atoms with E-state index in [1.165, 1.54) is 6.20 Å². The maximum Gasteiger partial charge on any atom is 0.162 e. The number of carbonyl (C=O) groups excluding carboxylic acids is 1. The van der Waals surface area contributed by atoms with Gasteiger partial charge in [0, 0.05) is 29.5 Å². The number of nitrogens with one attached hydrogen (secondary N) is 1. The Morgan fingerprint density at radius 3 is 2.54 bits per heavy atom. The number of halogens is 2. The maximum atomic E-state index is 15.2. The molecule has 5 heteroatoms. The van der Waals surface area contributed by atoms with Gasteiger partial charge in [-0.05, 0) is 40.3 Å². The molecule has 1 aromatic heterocycles. The van der Waals surface area contributed by atoms with Crippen molar-refractivity contribution in [2.24, 2.45) is 5.41 Å². The number of aromatic nitrogens is 1. The number of rotatable bonds is 1. The van der Waals surface area contributed by atoms with Crippen LogP contribution in [-0.4, -0.2) is 10.8 Å². The number of pyridine rings is 1. The van der Waals surface area contributed by atoms with Crippen molar-refractivity contribution in [3.05, 3.63) is 69.2 Å². The number of allylic oxidation sites excluding steroid dienone is 2. The number of anilines is 1. The molecule has 1 aliphatic carbocycles. The molecular weight excluding hydrogens is 395 g/mol. The lowest BCUT2D eigenvalue weighted by Crippen LogP contribution is -2.43. The van der Waals surface area contributed by atoms with Crippen LogP contribution in [0.2, 0.25) is 0 Å². The molecule has 1 N–H and O–H groups in total. The molecule has 0 fully saturated rings. The fourth-order valence-electron chi connectivity index (χ4n) is 4.35. The van der Waals surface area contributed by atoms with E-state index in [1.54, 1.807) is 0 Å². The van der Waals surface area contributed by atoms with Gasteiger partial charge in [0.2, 0.25) is 0 Å². The van der Waals surface area contributed by atoms with Crippen LogP contribution in [0.5, 0.6) is 0 Å². The van der Waals surface area contributed by atoms with Crippen LogP contribution in [0.15, 0.2) is 52.3 Å². The molecule has 0 unspecified atom stereocenters. The minimum atomic E-state index is -0.883. The molecule has 3 nitrogen and oxygen atoms in total. The predicted octanol–water partition coefficient (Wildman–Crippen LogP) is 5.36. The molecule has 0 radical (unpaired) electrons. The van der Waals surface area contributed by atoms with E-state index in [1.807, 2.05) is 37.3 Å². The molecule has 0 saturated heterocycles. The SMILES string of the molecule is CC1(C)CC(=O)C2=C(C1)Nc1ncc(Br)c(F)c1[C@]2(C)c1ccccc1. The number of ketones is 1. The van der Waals surface area contributed by atoms with Crippen molar-refractivity contribution in [2.45, 2.75) is 39.0 Å². The Labute approximate surface area is 160 Å². The topological polar surface area (TPSA) is 42.0 Å². The van der Waals surface area contributed by atoms with Gasteiger partial charge in [0.05, 0.1) is 9.89 Å². The molecule has 2 aromatic rings. The van der Waals surface area contributed by atoms with Crippen LogP contribution < -0.4 is 5.32 Å². The lowest BCUT2D eigenvalue weighted by Gasteiger charge is -2.44. The van der Waals surface area contributed by atoms with Gasteiger partial charge in [-0.25, -0.2) is 9.37 Å². The molecule has 0 spiro atoms. The Bertz CT molecular complexity index is 952. The van der Waals surface area contributed by atoms with E-state index in [9.17, 15) is 4.79 Å². The first-order valence-electron chi connectivity index (χ1n) is 8.68. The predicted molar refractivity (Wildman–Crippen MR) is 103 cm³/mol. The first kappa shape index (κ1) is 17.4. The summed E-state index contributed by atoms with van der Waals surface area (Å²) in [7, 11) is 0. The second-order valence-electron chi connectivity index (χ2n) is 8.05. The van der Waals surface area contributed by atoms with Crippen molar-refractivity contribution < 1.29 is 9.18 Å². The fourth-order valence-corrected chi connectivity index (χ4v) is 4.65.